The molecule has 2 atom stereocenters. The molecule has 8 nitrogen and oxygen atoms in total. The molecule has 2 aromatic carbocycles. The number of hydrogen-bond acceptors (Lipinski definition) is 6. The Balaban J connectivity index is 2.18. The van der Waals surface area contributed by atoms with Crippen LogP contribution in [0.4, 0.5) is 41.6 Å². The van der Waals surface area contributed by atoms with Gasteiger partial charge in [-0.25, -0.2) is 9.59 Å². The van der Waals surface area contributed by atoms with Gasteiger partial charge in [-0.1, -0.05) is 0 Å². The molecule has 0 fully saturated rings. The number of alkyl halides is 6. The van der Waals surface area contributed by atoms with Gasteiger partial charge in [0.05, 0.1) is 43.7 Å². The van der Waals surface area contributed by atoms with Gasteiger partial charge in [0.1, 0.15) is 0 Å². The third-order valence-corrected chi connectivity index (χ3v) is 6.20. The van der Waals surface area contributed by atoms with E-state index < -0.39 is 59.9 Å². The van der Waals surface area contributed by atoms with Gasteiger partial charge in [-0.15, -0.1) is 0 Å². The van der Waals surface area contributed by atoms with Crippen LogP contribution < -0.4 is 9.64 Å². The van der Waals surface area contributed by atoms with Crippen molar-refractivity contribution in [1.29, 1.82) is 0 Å². The fourth-order valence-corrected chi connectivity index (χ4v) is 4.50. The summed E-state index contributed by atoms with van der Waals surface area (Å²) in [4.78, 5) is 27.8. The fraction of sp³-hybridized carbons (Fsp3) is 0.440. The number of aromatic hydroxyl groups is 1. The zero-order valence-electron chi connectivity index (χ0n) is 21.3. The van der Waals surface area contributed by atoms with Gasteiger partial charge in [0, 0.05) is 24.2 Å². The Kier molecular flexibility index (Phi) is 8.46. The molecule has 1 heterocycles. The molecule has 1 N–H and O–H groups in total. The van der Waals surface area contributed by atoms with Crippen LogP contribution in [0.5, 0.6) is 11.5 Å². The lowest BCUT2D eigenvalue weighted by molar-refractivity contribution is -0.143. The quantitative estimate of drug-likeness (QED) is 0.417. The topological polar surface area (TPSA) is 88.5 Å². The number of methoxy groups -OCH3 is 2. The number of phenolic OH excluding ortho intramolecular Hbond substituents is 1. The van der Waals surface area contributed by atoms with Crippen molar-refractivity contribution in [1.82, 2.24) is 4.90 Å². The van der Waals surface area contributed by atoms with E-state index in [1.54, 1.807) is 13.8 Å². The van der Waals surface area contributed by atoms with Crippen LogP contribution in [-0.4, -0.2) is 49.1 Å². The number of benzene rings is 2. The second kappa shape index (κ2) is 11.1. The second-order valence-corrected chi connectivity index (χ2v) is 8.76. The third-order valence-electron chi connectivity index (χ3n) is 6.20. The van der Waals surface area contributed by atoms with Crippen LogP contribution in [0.2, 0.25) is 0 Å². The molecule has 0 radical (unpaired) electrons. The van der Waals surface area contributed by atoms with Crippen molar-refractivity contribution in [3.05, 3.63) is 52.6 Å². The number of halogens is 6. The number of rotatable bonds is 5. The largest absolute Gasteiger partial charge is 0.504 e. The van der Waals surface area contributed by atoms with Crippen LogP contribution in [0.1, 0.15) is 48.6 Å². The molecule has 0 saturated heterocycles. The van der Waals surface area contributed by atoms with Crippen LogP contribution in [0.3, 0.4) is 0 Å². The maximum atomic E-state index is 13.4. The molecule has 3 rings (SSSR count). The number of anilines is 1. The van der Waals surface area contributed by atoms with E-state index in [4.69, 9.17) is 14.2 Å². The van der Waals surface area contributed by atoms with E-state index in [2.05, 4.69) is 0 Å². The third kappa shape index (κ3) is 6.25. The highest BCUT2D eigenvalue weighted by atomic mass is 19.4. The average Bonchev–Trinajstić information content (AvgIpc) is 2.85. The summed E-state index contributed by atoms with van der Waals surface area (Å²) in [6, 6.07) is 1.91. The van der Waals surface area contributed by atoms with Crippen LogP contribution >= 0.6 is 0 Å². The van der Waals surface area contributed by atoms with Gasteiger partial charge >= 0.3 is 24.5 Å². The van der Waals surface area contributed by atoms with E-state index in [0.717, 1.165) is 12.0 Å². The van der Waals surface area contributed by atoms with E-state index in [1.165, 1.54) is 24.1 Å². The summed E-state index contributed by atoms with van der Waals surface area (Å²) < 4.78 is 95.8. The average molecular weight is 564 g/mol. The molecule has 1 aliphatic heterocycles. The summed E-state index contributed by atoms with van der Waals surface area (Å²) in [6.45, 7) is 2.54. The molecular formula is C25H26F6N2O6. The number of carbonyl (C=O) groups is 2. The van der Waals surface area contributed by atoms with Gasteiger partial charge in [-0.2, -0.15) is 26.3 Å². The molecule has 2 amide bonds. The zero-order chi connectivity index (χ0) is 29.3. The first-order valence-electron chi connectivity index (χ1n) is 11.6. The minimum atomic E-state index is -5.08. The Morgan fingerprint density at radius 1 is 1.03 bits per heavy atom. The number of amides is 2. The Hall–Kier alpha value is -3.84. The van der Waals surface area contributed by atoms with Crippen LogP contribution in [0, 0.1) is 0 Å². The van der Waals surface area contributed by atoms with E-state index in [9.17, 15) is 41.0 Å². The first kappa shape index (κ1) is 29.7. The maximum Gasteiger partial charge on any atom is 0.416 e. The predicted molar refractivity (Wildman–Crippen MR) is 125 cm³/mol. The maximum absolute atomic E-state index is 13.4. The van der Waals surface area contributed by atoms with E-state index in [1.807, 2.05) is 0 Å². The molecule has 0 aromatic heterocycles. The Morgan fingerprint density at radius 3 is 2.10 bits per heavy atom. The van der Waals surface area contributed by atoms with Gasteiger partial charge in [-0.3, -0.25) is 9.80 Å². The lowest BCUT2D eigenvalue weighted by atomic mass is 9.90. The monoisotopic (exact) mass is 564 g/mol. The first-order valence-corrected chi connectivity index (χ1v) is 11.6. The van der Waals surface area contributed by atoms with Crippen molar-refractivity contribution in [2.24, 2.45) is 0 Å². The van der Waals surface area contributed by atoms with Gasteiger partial charge in [-0.05, 0) is 50.1 Å². The van der Waals surface area contributed by atoms with Crippen LogP contribution in [0.25, 0.3) is 0 Å². The van der Waals surface area contributed by atoms with E-state index in [0.29, 0.717) is 12.1 Å². The number of nitrogens with zero attached hydrogens (tertiary/aromatic N) is 2. The van der Waals surface area contributed by atoms with Gasteiger partial charge in [0.2, 0.25) is 0 Å². The number of carbonyl (C=O) groups excluding carboxylic acids is 2. The lowest BCUT2D eigenvalue weighted by Crippen LogP contribution is -2.47. The van der Waals surface area contributed by atoms with Crippen molar-refractivity contribution >= 4 is 17.9 Å². The second-order valence-electron chi connectivity index (χ2n) is 8.76. The lowest BCUT2D eigenvalue weighted by Gasteiger charge is -2.42. The Morgan fingerprint density at radius 2 is 1.62 bits per heavy atom. The zero-order valence-corrected chi connectivity index (χ0v) is 21.3. The summed E-state index contributed by atoms with van der Waals surface area (Å²) in [5, 5.41) is 10.4. The highest BCUT2D eigenvalue weighted by molar-refractivity contribution is 5.91. The van der Waals surface area contributed by atoms with Crippen molar-refractivity contribution in [3.63, 3.8) is 0 Å². The molecular weight excluding hydrogens is 538 g/mol. The highest BCUT2D eigenvalue weighted by Gasteiger charge is 2.41. The predicted octanol–water partition coefficient (Wildman–Crippen LogP) is 6.50. The van der Waals surface area contributed by atoms with Crippen molar-refractivity contribution < 1.29 is 55.2 Å². The van der Waals surface area contributed by atoms with E-state index >= 15 is 0 Å². The van der Waals surface area contributed by atoms with Crippen molar-refractivity contribution in [2.45, 2.75) is 51.2 Å². The minimum Gasteiger partial charge on any atom is -0.504 e. The summed E-state index contributed by atoms with van der Waals surface area (Å²) in [7, 11) is 2.27. The SMILES string of the molecule is CCOC(=O)N1c2cc(O)c(OC)cc2C(N(Cc2cc(C(F)(F)F)cc(C(F)(F)F)c2)C(=O)OC)CC1C. The summed E-state index contributed by atoms with van der Waals surface area (Å²) in [5.41, 5.74) is -3.17. The molecule has 0 saturated carbocycles. The molecule has 0 aliphatic carbocycles. The molecule has 2 unspecified atom stereocenters. The number of fused-ring (bicyclic) bond motifs is 1. The van der Waals surface area contributed by atoms with Crippen molar-refractivity contribution in [3.8, 4) is 11.5 Å². The first-order chi connectivity index (χ1) is 18.1. The summed E-state index contributed by atoms with van der Waals surface area (Å²) in [6.07, 6.45) is -12.0. The Bertz CT molecular complexity index is 1200. The molecule has 1 aliphatic rings. The van der Waals surface area contributed by atoms with Crippen molar-refractivity contribution in [2.75, 3.05) is 25.7 Å². The molecule has 39 heavy (non-hydrogen) atoms. The van der Waals surface area contributed by atoms with Gasteiger partial charge in [0.15, 0.2) is 11.5 Å². The summed E-state index contributed by atoms with van der Waals surface area (Å²) >= 11 is 0. The standard InChI is InChI=1S/C25H26F6N2O6/c1-5-39-23(36)33-13(2)6-18(17-10-21(37-3)20(34)11-19(17)33)32(22(35)38-4)12-14-7-15(24(26,27)28)9-16(8-14)25(29,30)31/h7-11,13,18,34H,5-6,12H2,1-4H3. The highest BCUT2D eigenvalue weighted by Crippen LogP contribution is 2.46. The smallest absolute Gasteiger partial charge is 0.416 e. The Labute approximate surface area is 219 Å². The fourth-order valence-electron chi connectivity index (χ4n) is 4.50. The van der Waals surface area contributed by atoms with Crippen LogP contribution in [0.15, 0.2) is 30.3 Å². The number of hydrogen-bond donors (Lipinski definition) is 1. The molecule has 0 bridgehead atoms. The minimum absolute atomic E-state index is 0.0000661. The molecule has 214 valence electrons. The van der Waals surface area contributed by atoms with Crippen LogP contribution in [-0.2, 0) is 28.4 Å². The van der Waals surface area contributed by atoms with Gasteiger partial charge < -0.3 is 19.3 Å². The van der Waals surface area contributed by atoms with Gasteiger partial charge in [0.25, 0.3) is 0 Å². The molecule has 0 spiro atoms. The molecule has 14 heteroatoms. The molecule has 2 aromatic rings. The normalized spacial score (nSPS) is 17.3. The van der Waals surface area contributed by atoms with E-state index in [-0.39, 0.29) is 41.8 Å². The summed E-state index contributed by atoms with van der Waals surface area (Å²) in [5.74, 6) is -0.393. The number of phenols is 1. The number of ether oxygens (including phenoxy) is 3.